The van der Waals surface area contributed by atoms with Crippen molar-refractivity contribution in [2.45, 2.75) is 32.5 Å². The van der Waals surface area contributed by atoms with Gasteiger partial charge >= 0.3 is 5.97 Å². The maximum absolute atomic E-state index is 13.3. The Labute approximate surface area is 179 Å². The maximum Gasteiger partial charge on any atom is 0.328 e. The Kier molecular flexibility index (Phi) is 5.86. The quantitative estimate of drug-likeness (QED) is 0.574. The fraction of sp³-hybridized carbons (Fsp3) is 0.250. The fourth-order valence-electron chi connectivity index (χ4n) is 3.59. The zero-order valence-corrected chi connectivity index (χ0v) is 17.8. The minimum Gasteiger partial charge on any atom is -0.489 e. The number of methoxy groups -OCH3 is 1. The van der Waals surface area contributed by atoms with E-state index in [1.165, 1.54) is 24.0 Å². The number of rotatable bonds is 5. The van der Waals surface area contributed by atoms with Gasteiger partial charge in [0.15, 0.2) is 0 Å². The molecule has 6 heteroatoms. The van der Waals surface area contributed by atoms with Crippen molar-refractivity contribution >= 4 is 23.2 Å². The molecule has 0 aliphatic carbocycles. The summed E-state index contributed by atoms with van der Waals surface area (Å²) in [7, 11) is 1.36. The highest BCUT2D eigenvalue weighted by Crippen LogP contribution is 2.28. The molecule has 1 atom stereocenters. The number of amides is 1. The predicted molar refractivity (Wildman–Crippen MR) is 116 cm³/mol. The van der Waals surface area contributed by atoms with E-state index < -0.39 is 12.0 Å². The molecule has 1 unspecified atom stereocenters. The SMILES string of the molecule is COC(=O)C1Cc2ccccc2CN1C(=O)c1cc(COc2ccc(C)cc2)cs1. The molecule has 5 nitrogen and oxygen atoms in total. The number of carbonyl (C=O) groups is 2. The van der Waals surface area contributed by atoms with E-state index in [-0.39, 0.29) is 5.91 Å². The van der Waals surface area contributed by atoms with Crippen molar-refractivity contribution in [2.75, 3.05) is 7.11 Å². The third-order valence-electron chi connectivity index (χ3n) is 5.27. The van der Waals surface area contributed by atoms with Crippen molar-refractivity contribution in [1.29, 1.82) is 0 Å². The summed E-state index contributed by atoms with van der Waals surface area (Å²) in [5, 5.41) is 1.92. The monoisotopic (exact) mass is 421 g/mol. The average Bonchev–Trinajstić information content (AvgIpc) is 3.26. The molecule has 0 saturated heterocycles. The molecular formula is C24H23NO4S. The van der Waals surface area contributed by atoms with Crippen LogP contribution in [0.1, 0.15) is 31.9 Å². The molecule has 1 aliphatic rings. The Morgan fingerprint density at radius 3 is 2.57 bits per heavy atom. The standard InChI is InChI=1S/C24H23NO4S/c1-16-7-9-20(10-8-16)29-14-17-11-22(30-15-17)23(26)25-13-19-6-4-3-5-18(19)12-21(25)24(27)28-2/h3-11,15,21H,12-14H2,1-2H3. The van der Waals surface area contributed by atoms with Gasteiger partial charge in [0, 0.05) is 18.5 Å². The number of ether oxygens (including phenoxy) is 2. The summed E-state index contributed by atoms with van der Waals surface area (Å²) in [5.41, 5.74) is 4.24. The van der Waals surface area contributed by atoms with Gasteiger partial charge in [-0.25, -0.2) is 4.79 Å². The van der Waals surface area contributed by atoms with Gasteiger partial charge in [-0.15, -0.1) is 11.3 Å². The van der Waals surface area contributed by atoms with Crippen molar-refractivity contribution in [2.24, 2.45) is 0 Å². The van der Waals surface area contributed by atoms with Crippen molar-refractivity contribution in [3.05, 3.63) is 87.1 Å². The van der Waals surface area contributed by atoms with Crippen molar-refractivity contribution in [3.8, 4) is 5.75 Å². The van der Waals surface area contributed by atoms with Crippen LogP contribution >= 0.6 is 11.3 Å². The number of esters is 1. The van der Waals surface area contributed by atoms with E-state index in [2.05, 4.69) is 0 Å². The topological polar surface area (TPSA) is 55.8 Å². The first kappa shape index (κ1) is 20.2. The molecule has 0 fully saturated rings. The summed E-state index contributed by atoms with van der Waals surface area (Å²) in [6.07, 6.45) is 0.462. The van der Waals surface area contributed by atoms with E-state index in [1.54, 1.807) is 4.90 Å². The second-order valence-corrected chi connectivity index (χ2v) is 8.28. The highest BCUT2D eigenvalue weighted by Gasteiger charge is 2.36. The number of nitrogens with zero attached hydrogens (tertiary/aromatic N) is 1. The largest absolute Gasteiger partial charge is 0.489 e. The van der Waals surface area contributed by atoms with E-state index in [1.807, 2.05) is 66.9 Å². The Hall–Kier alpha value is -3.12. The molecule has 154 valence electrons. The number of fused-ring (bicyclic) bond motifs is 1. The second-order valence-electron chi connectivity index (χ2n) is 7.37. The first-order valence-corrected chi connectivity index (χ1v) is 10.7. The minimum atomic E-state index is -0.619. The zero-order valence-electron chi connectivity index (χ0n) is 17.0. The van der Waals surface area contributed by atoms with Gasteiger partial charge in [-0.05, 0) is 41.6 Å². The Bertz CT molecular complexity index is 1060. The Balaban J connectivity index is 1.50. The van der Waals surface area contributed by atoms with Crippen LogP contribution in [-0.2, 0) is 29.1 Å². The average molecular weight is 422 g/mol. The normalized spacial score (nSPS) is 15.4. The number of benzene rings is 2. The van der Waals surface area contributed by atoms with Crippen LogP contribution in [0.3, 0.4) is 0 Å². The molecule has 1 aliphatic heterocycles. The highest BCUT2D eigenvalue weighted by molar-refractivity contribution is 7.12. The van der Waals surface area contributed by atoms with Gasteiger partial charge in [-0.3, -0.25) is 4.79 Å². The molecule has 4 rings (SSSR count). The molecular weight excluding hydrogens is 398 g/mol. The molecule has 0 N–H and O–H groups in total. The van der Waals surface area contributed by atoms with Crippen LogP contribution in [0.15, 0.2) is 60.0 Å². The molecule has 1 amide bonds. The summed E-state index contributed by atoms with van der Waals surface area (Å²) in [6, 6.07) is 17.0. The predicted octanol–water partition coefficient (Wildman–Crippen LogP) is 4.38. The lowest BCUT2D eigenvalue weighted by atomic mass is 9.93. The highest BCUT2D eigenvalue weighted by atomic mass is 32.1. The minimum absolute atomic E-state index is 0.161. The number of hydrogen-bond donors (Lipinski definition) is 0. The summed E-state index contributed by atoms with van der Waals surface area (Å²) in [4.78, 5) is 27.8. The summed E-state index contributed by atoms with van der Waals surface area (Å²) < 4.78 is 10.8. The molecule has 0 radical (unpaired) electrons. The van der Waals surface area contributed by atoms with Crippen LogP contribution in [0, 0.1) is 6.92 Å². The third-order valence-corrected chi connectivity index (χ3v) is 6.24. The second kappa shape index (κ2) is 8.71. The number of carbonyl (C=O) groups excluding carboxylic acids is 2. The Morgan fingerprint density at radius 2 is 1.83 bits per heavy atom. The summed E-state index contributed by atoms with van der Waals surface area (Å²) >= 11 is 1.37. The van der Waals surface area contributed by atoms with E-state index in [0.717, 1.165) is 22.4 Å². The van der Waals surface area contributed by atoms with Gasteiger partial charge in [0.05, 0.1) is 12.0 Å². The molecule has 2 heterocycles. The van der Waals surface area contributed by atoms with Gasteiger partial charge in [0.2, 0.25) is 0 Å². The first-order valence-electron chi connectivity index (χ1n) is 9.77. The molecule has 3 aromatic rings. The molecule has 0 spiro atoms. The van der Waals surface area contributed by atoms with Crippen molar-refractivity contribution < 1.29 is 19.1 Å². The molecule has 1 aromatic heterocycles. The first-order chi connectivity index (χ1) is 14.5. The van der Waals surface area contributed by atoms with Crippen molar-refractivity contribution in [1.82, 2.24) is 4.90 Å². The van der Waals surface area contributed by atoms with Crippen LogP contribution in [0.2, 0.25) is 0 Å². The van der Waals surface area contributed by atoms with Gasteiger partial charge in [0.25, 0.3) is 5.91 Å². The van der Waals surface area contributed by atoms with E-state index >= 15 is 0 Å². The van der Waals surface area contributed by atoms with E-state index in [9.17, 15) is 9.59 Å². The van der Waals surface area contributed by atoms with Crippen LogP contribution in [0.4, 0.5) is 0 Å². The molecule has 30 heavy (non-hydrogen) atoms. The number of thiophene rings is 1. The molecule has 2 aromatic carbocycles. The summed E-state index contributed by atoms with van der Waals surface area (Å²) in [6.45, 7) is 2.80. The van der Waals surface area contributed by atoms with Gasteiger partial charge < -0.3 is 14.4 Å². The van der Waals surface area contributed by atoms with Gasteiger partial charge in [-0.2, -0.15) is 0 Å². The Morgan fingerprint density at radius 1 is 1.10 bits per heavy atom. The summed E-state index contributed by atoms with van der Waals surface area (Å²) in [5.74, 6) is 0.238. The number of hydrogen-bond acceptors (Lipinski definition) is 5. The van der Waals surface area contributed by atoms with Crippen LogP contribution in [0.25, 0.3) is 0 Å². The van der Waals surface area contributed by atoms with Crippen LogP contribution < -0.4 is 4.74 Å². The zero-order chi connectivity index (χ0) is 21.1. The maximum atomic E-state index is 13.3. The smallest absolute Gasteiger partial charge is 0.328 e. The lowest BCUT2D eigenvalue weighted by Crippen LogP contribution is -2.49. The molecule has 0 bridgehead atoms. The fourth-order valence-corrected chi connectivity index (χ4v) is 4.44. The van der Waals surface area contributed by atoms with E-state index in [4.69, 9.17) is 9.47 Å². The van der Waals surface area contributed by atoms with Crippen LogP contribution in [0.5, 0.6) is 5.75 Å². The van der Waals surface area contributed by atoms with Gasteiger partial charge in [0.1, 0.15) is 18.4 Å². The lowest BCUT2D eigenvalue weighted by molar-refractivity contribution is -0.146. The van der Waals surface area contributed by atoms with E-state index in [0.29, 0.717) is 24.4 Å². The number of aryl methyl sites for hydroxylation is 1. The van der Waals surface area contributed by atoms with Crippen molar-refractivity contribution in [3.63, 3.8) is 0 Å². The molecule has 0 saturated carbocycles. The van der Waals surface area contributed by atoms with Crippen LogP contribution in [-0.4, -0.2) is 29.9 Å². The third kappa shape index (κ3) is 4.24. The lowest BCUT2D eigenvalue weighted by Gasteiger charge is -2.34. The van der Waals surface area contributed by atoms with Gasteiger partial charge in [-0.1, -0.05) is 42.0 Å².